The minimum Gasteiger partial charge on any atom is -0.282 e. The lowest BCUT2D eigenvalue weighted by Gasteiger charge is -2.13. The Hall–Kier alpha value is -0.480. The van der Waals surface area contributed by atoms with E-state index in [-0.39, 0.29) is 10.2 Å². The van der Waals surface area contributed by atoms with E-state index in [4.69, 9.17) is 0 Å². The molecule has 0 spiro atoms. The highest BCUT2D eigenvalue weighted by atomic mass is 32.2. The molecule has 0 aromatic rings. The maximum Gasteiger partial charge on any atom is 0.214 e. The molecule has 2 unspecified atom stereocenters. The predicted octanol–water partition coefficient (Wildman–Crippen LogP) is 4.36. The Balaban J connectivity index is 2.43. The van der Waals surface area contributed by atoms with Crippen molar-refractivity contribution in [3.05, 3.63) is 24.3 Å². The molecule has 2 atom stereocenters. The summed E-state index contributed by atoms with van der Waals surface area (Å²) < 4.78 is 0. The summed E-state index contributed by atoms with van der Waals surface area (Å²) in [5, 5.41) is 0.979. The maximum atomic E-state index is 11.7. The van der Waals surface area contributed by atoms with Gasteiger partial charge in [0.2, 0.25) is 10.2 Å². The van der Waals surface area contributed by atoms with E-state index in [9.17, 15) is 9.59 Å². The smallest absolute Gasteiger partial charge is 0.214 e. The number of hydrogen-bond acceptors (Lipinski definition) is 4. The molecule has 0 saturated heterocycles. The molecule has 0 radical (unpaired) electrons. The summed E-state index contributed by atoms with van der Waals surface area (Å²) in [6, 6.07) is 0. The van der Waals surface area contributed by atoms with Gasteiger partial charge in [0.05, 0.1) is 0 Å². The zero-order valence-corrected chi connectivity index (χ0v) is 13.4. The molecule has 1 rings (SSSR count). The summed E-state index contributed by atoms with van der Waals surface area (Å²) in [7, 11) is 0. The molecule has 4 heteroatoms. The van der Waals surface area contributed by atoms with Gasteiger partial charge in [-0.25, -0.2) is 0 Å². The topological polar surface area (TPSA) is 34.1 Å². The molecular formula is C15H22O2S2. The van der Waals surface area contributed by atoms with Crippen molar-refractivity contribution in [1.29, 1.82) is 0 Å². The van der Waals surface area contributed by atoms with E-state index in [1.807, 2.05) is 0 Å². The van der Waals surface area contributed by atoms with Crippen molar-refractivity contribution in [2.75, 3.05) is 0 Å². The molecule has 0 aromatic carbocycles. The monoisotopic (exact) mass is 298 g/mol. The zero-order valence-electron chi connectivity index (χ0n) is 11.7. The fourth-order valence-electron chi connectivity index (χ4n) is 1.97. The Morgan fingerprint density at radius 1 is 0.842 bits per heavy atom. The zero-order chi connectivity index (χ0) is 14.4. The van der Waals surface area contributed by atoms with Crippen LogP contribution in [-0.2, 0) is 9.59 Å². The van der Waals surface area contributed by atoms with Gasteiger partial charge in [-0.3, -0.25) is 9.59 Å². The fraction of sp³-hybridized carbons (Fsp3) is 0.600. The molecule has 1 saturated carbocycles. The third-order valence-electron chi connectivity index (χ3n) is 3.11. The Bertz CT molecular complexity index is 352. The lowest BCUT2D eigenvalue weighted by Crippen LogP contribution is -2.08. The summed E-state index contributed by atoms with van der Waals surface area (Å²) in [6.45, 7) is 10.9. The van der Waals surface area contributed by atoms with Crippen LogP contribution < -0.4 is 0 Å². The van der Waals surface area contributed by atoms with E-state index < -0.39 is 0 Å². The van der Waals surface area contributed by atoms with Gasteiger partial charge in [0.1, 0.15) is 0 Å². The summed E-state index contributed by atoms with van der Waals surface area (Å²) in [5.41, 5.74) is 1.25. The summed E-state index contributed by atoms with van der Waals surface area (Å²) in [4.78, 5) is 23.3. The first-order chi connectivity index (χ1) is 8.90. The van der Waals surface area contributed by atoms with Gasteiger partial charge in [0.15, 0.2) is 0 Å². The third-order valence-corrected chi connectivity index (χ3v) is 5.84. The molecule has 2 nitrogen and oxygen atoms in total. The SMILES string of the molecule is C=C(C)C(=O)SC1CCCC(SC(=O)C(=C)C)CC1. The van der Waals surface area contributed by atoms with E-state index in [1.165, 1.54) is 23.5 Å². The molecule has 106 valence electrons. The Kier molecular flexibility index (Phi) is 6.94. The van der Waals surface area contributed by atoms with Crippen LogP contribution in [-0.4, -0.2) is 20.7 Å². The Morgan fingerprint density at radius 2 is 1.21 bits per heavy atom. The molecular weight excluding hydrogens is 276 g/mol. The van der Waals surface area contributed by atoms with Gasteiger partial charge >= 0.3 is 0 Å². The van der Waals surface area contributed by atoms with Crippen molar-refractivity contribution in [3.8, 4) is 0 Å². The summed E-state index contributed by atoms with van der Waals surface area (Å²) in [5.74, 6) is 0. The molecule has 1 aliphatic carbocycles. The number of thioether (sulfide) groups is 2. The second kappa shape index (κ2) is 7.95. The molecule has 0 heterocycles. The number of hydrogen-bond donors (Lipinski definition) is 0. The number of carbonyl (C=O) groups excluding carboxylic acids is 2. The predicted molar refractivity (Wildman–Crippen MR) is 85.5 cm³/mol. The molecule has 1 aliphatic rings. The number of carbonyl (C=O) groups is 2. The van der Waals surface area contributed by atoms with Crippen molar-refractivity contribution in [2.24, 2.45) is 0 Å². The highest BCUT2D eigenvalue weighted by Crippen LogP contribution is 2.34. The molecule has 0 aromatic heterocycles. The van der Waals surface area contributed by atoms with Gasteiger partial charge < -0.3 is 0 Å². The maximum absolute atomic E-state index is 11.7. The van der Waals surface area contributed by atoms with Gasteiger partial charge in [0, 0.05) is 10.5 Å². The van der Waals surface area contributed by atoms with Crippen LogP contribution in [0, 0.1) is 0 Å². The van der Waals surface area contributed by atoms with Crippen molar-refractivity contribution in [3.63, 3.8) is 0 Å². The van der Waals surface area contributed by atoms with Gasteiger partial charge in [-0.2, -0.15) is 0 Å². The lowest BCUT2D eigenvalue weighted by atomic mass is 10.2. The minimum absolute atomic E-state index is 0.106. The van der Waals surface area contributed by atoms with Crippen LogP contribution in [0.3, 0.4) is 0 Å². The van der Waals surface area contributed by atoms with Crippen molar-refractivity contribution >= 4 is 33.8 Å². The van der Waals surface area contributed by atoms with Crippen LogP contribution in [0.2, 0.25) is 0 Å². The van der Waals surface area contributed by atoms with E-state index in [1.54, 1.807) is 13.8 Å². The molecule has 0 amide bonds. The largest absolute Gasteiger partial charge is 0.282 e. The minimum atomic E-state index is 0.106. The molecule has 19 heavy (non-hydrogen) atoms. The molecule has 1 fully saturated rings. The van der Waals surface area contributed by atoms with Gasteiger partial charge in [-0.1, -0.05) is 43.1 Å². The van der Waals surface area contributed by atoms with Gasteiger partial charge in [-0.15, -0.1) is 0 Å². The second-order valence-corrected chi connectivity index (χ2v) is 7.67. The highest BCUT2D eigenvalue weighted by Gasteiger charge is 2.23. The first-order valence-corrected chi connectivity index (χ1v) is 8.39. The van der Waals surface area contributed by atoms with Gasteiger partial charge in [0.25, 0.3) is 0 Å². The van der Waals surface area contributed by atoms with E-state index >= 15 is 0 Å². The van der Waals surface area contributed by atoms with Crippen LogP contribution in [0.4, 0.5) is 0 Å². The van der Waals surface area contributed by atoms with Crippen LogP contribution >= 0.6 is 23.5 Å². The Labute approximate surface area is 124 Å². The summed E-state index contributed by atoms with van der Waals surface area (Å²) in [6.07, 6.45) is 5.21. The average Bonchev–Trinajstić information content (AvgIpc) is 2.54. The van der Waals surface area contributed by atoms with Crippen molar-refractivity contribution in [1.82, 2.24) is 0 Å². The van der Waals surface area contributed by atoms with Crippen LogP contribution in [0.25, 0.3) is 0 Å². The lowest BCUT2D eigenvalue weighted by molar-refractivity contribution is -0.108. The van der Waals surface area contributed by atoms with Crippen molar-refractivity contribution in [2.45, 2.75) is 56.5 Å². The first-order valence-electron chi connectivity index (χ1n) is 6.63. The van der Waals surface area contributed by atoms with Gasteiger partial charge in [-0.05, 0) is 50.7 Å². The van der Waals surface area contributed by atoms with Crippen molar-refractivity contribution < 1.29 is 9.59 Å². The number of rotatable bonds is 4. The Morgan fingerprint density at radius 3 is 1.53 bits per heavy atom. The fourth-order valence-corrected chi connectivity index (χ4v) is 4.06. The van der Waals surface area contributed by atoms with Crippen LogP contribution in [0.15, 0.2) is 24.3 Å². The van der Waals surface area contributed by atoms with Crippen LogP contribution in [0.1, 0.15) is 46.0 Å². The standard InChI is InChI=1S/C15H22O2S2/c1-10(2)14(16)18-12-6-5-7-13(9-8-12)19-15(17)11(3)4/h12-13H,1,3,5-9H2,2,4H3. The molecule has 0 aliphatic heterocycles. The highest BCUT2D eigenvalue weighted by molar-refractivity contribution is 8.15. The normalized spacial score (nSPS) is 23.5. The second-order valence-electron chi connectivity index (χ2n) is 5.12. The van der Waals surface area contributed by atoms with E-state index in [0.717, 1.165) is 32.1 Å². The van der Waals surface area contributed by atoms with E-state index in [2.05, 4.69) is 13.2 Å². The molecule has 0 N–H and O–H groups in total. The van der Waals surface area contributed by atoms with Crippen LogP contribution in [0.5, 0.6) is 0 Å². The summed E-state index contributed by atoms with van der Waals surface area (Å²) >= 11 is 2.84. The van der Waals surface area contributed by atoms with E-state index in [0.29, 0.717) is 21.6 Å². The first kappa shape index (κ1) is 16.6. The third kappa shape index (κ3) is 6.00. The molecule has 0 bridgehead atoms. The average molecular weight is 298 g/mol. The quantitative estimate of drug-likeness (QED) is 0.570.